The molecule has 6 nitrogen and oxygen atoms in total. The number of hydrogen-bond donors (Lipinski definition) is 1. The molecule has 0 aliphatic carbocycles. The van der Waals surface area contributed by atoms with Crippen molar-refractivity contribution in [3.05, 3.63) is 100 Å². The third-order valence-electron chi connectivity index (χ3n) is 8.84. The van der Waals surface area contributed by atoms with E-state index in [1.807, 2.05) is 53.4 Å². The molecule has 0 saturated carbocycles. The van der Waals surface area contributed by atoms with Crippen LogP contribution in [0.1, 0.15) is 54.4 Å². The lowest BCUT2D eigenvalue weighted by molar-refractivity contribution is 0.0453. The maximum atomic E-state index is 13.5. The lowest BCUT2D eigenvalue weighted by atomic mass is 9.71. The highest BCUT2D eigenvalue weighted by atomic mass is 35.5. The maximum absolute atomic E-state index is 13.5. The second kappa shape index (κ2) is 14.8. The Kier molecular flexibility index (Phi) is 11.6. The second-order valence-electron chi connectivity index (χ2n) is 11.7. The standard InChI is InChI=1S/C33H38Cl2N2O4S.ClH/c34-30-14-13-26(21-31(30)35)33(17-8-19-37(24-33)32(39)25-9-3-1-4-10-25)16-7-18-36-20-15-28(38)22-27(36)23-42(40,41)29-11-5-2-6-12-29;/h1-6,9-14,21,27-28,38H,7-8,15-20,22-24H2;1H. The summed E-state index contributed by atoms with van der Waals surface area (Å²) < 4.78 is 26.4. The quantitative estimate of drug-likeness (QED) is 0.276. The molecule has 2 aliphatic heterocycles. The van der Waals surface area contributed by atoms with Gasteiger partial charge in [0.25, 0.3) is 5.91 Å². The Hall–Kier alpha value is -2.13. The molecule has 2 fully saturated rings. The SMILES string of the molecule is Cl.O=C(c1ccccc1)N1CCCC(CCCN2CCC(O)CC2CS(=O)(=O)c2ccccc2)(c2ccc(Cl)c(Cl)c2)C1. The van der Waals surface area contributed by atoms with Crippen molar-refractivity contribution >= 4 is 51.4 Å². The van der Waals surface area contributed by atoms with Crippen LogP contribution in [0.3, 0.4) is 0 Å². The largest absolute Gasteiger partial charge is 0.393 e. The Labute approximate surface area is 271 Å². The van der Waals surface area contributed by atoms with E-state index in [9.17, 15) is 18.3 Å². The summed E-state index contributed by atoms with van der Waals surface area (Å²) in [5, 5.41) is 11.4. The van der Waals surface area contributed by atoms with E-state index in [0.717, 1.165) is 31.2 Å². The Morgan fingerprint density at radius 1 is 0.953 bits per heavy atom. The van der Waals surface area contributed by atoms with Crippen molar-refractivity contribution in [1.82, 2.24) is 9.80 Å². The molecule has 3 aromatic rings. The number of hydrogen-bond acceptors (Lipinski definition) is 5. The van der Waals surface area contributed by atoms with Crippen molar-refractivity contribution < 1.29 is 18.3 Å². The first kappa shape index (κ1) is 33.8. The maximum Gasteiger partial charge on any atom is 0.253 e. The van der Waals surface area contributed by atoms with E-state index in [1.165, 1.54) is 0 Å². The van der Waals surface area contributed by atoms with Gasteiger partial charge in [-0.2, -0.15) is 0 Å². The lowest BCUT2D eigenvalue weighted by Crippen LogP contribution is -2.50. The highest BCUT2D eigenvalue weighted by molar-refractivity contribution is 7.91. The molecule has 3 unspecified atom stereocenters. The average Bonchev–Trinajstić information content (AvgIpc) is 3.00. The molecule has 232 valence electrons. The minimum absolute atomic E-state index is 0. The van der Waals surface area contributed by atoms with E-state index in [0.29, 0.717) is 59.5 Å². The summed E-state index contributed by atoms with van der Waals surface area (Å²) in [6.45, 7) is 2.62. The molecule has 0 radical (unpaired) electrons. The van der Waals surface area contributed by atoms with Crippen LogP contribution in [0.5, 0.6) is 0 Å². The van der Waals surface area contributed by atoms with Crippen LogP contribution >= 0.6 is 35.6 Å². The molecule has 0 spiro atoms. The normalized spacial score (nSPS) is 23.0. The van der Waals surface area contributed by atoms with E-state index < -0.39 is 15.9 Å². The van der Waals surface area contributed by atoms with Crippen molar-refractivity contribution in [3.63, 3.8) is 0 Å². The number of rotatable bonds is 9. The molecule has 0 bridgehead atoms. The van der Waals surface area contributed by atoms with Gasteiger partial charge in [-0.25, -0.2) is 8.42 Å². The topological polar surface area (TPSA) is 77.9 Å². The minimum atomic E-state index is -3.49. The van der Waals surface area contributed by atoms with Gasteiger partial charge in [-0.1, -0.05) is 65.7 Å². The summed E-state index contributed by atoms with van der Waals surface area (Å²) in [6, 6.07) is 23.4. The molecule has 2 saturated heterocycles. The first-order chi connectivity index (χ1) is 20.2. The fraction of sp³-hybridized carbons (Fsp3) is 0.424. The molecular formula is C33H39Cl3N2O4S. The van der Waals surface area contributed by atoms with E-state index in [1.54, 1.807) is 30.3 Å². The molecule has 1 N–H and O–H groups in total. The highest BCUT2D eigenvalue weighted by Crippen LogP contribution is 2.41. The van der Waals surface area contributed by atoms with Crippen LogP contribution in [0.4, 0.5) is 0 Å². The van der Waals surface area contributed by atoms with Crippen LogP contribution in [0.15, 0.2) is 83.8 Å². The number of piperidine rings is 2. The minimum Gasteiger partial charge on any atom is -0.393 e. The number of carbonyl (C=O) groups is 1. The molecule has 5 rings (SSSR count). The van der Waals surface area contributed by atoms with Gasteiger partial charge in [0.05, 0.1) is 26.8 Å². The molecule has 2 aliphatic rings. The van der Waals surface area contributed by atoms with Crippen LogP contribution in [-0.4, -0.2) is 73.3 Å². The Balaban J connectivity index is 0.00000423. The van der Waals surface area contributed by atoms with Crippen molar-refractivity contribution in [1.29, 1.82) is 0 Å². The number of aliphatic hydroxyl groups is 1. The van der Waals surface area contributed by atoms with Crippen molar-refractivity contribution in [2.45, 2.75) is 61.0 Å². The monoisotopic (exact) mass is 664 g/mol. The molecule has 3 atom stereocenters. The third-order valence-corrected chi connectivity index (χ3v) is 11.4. The molecule has 43 heavy (non-hydrogen) atoms. The highest BCUT2D eigenvalue weighted by Gasteiger charge is 2.39. The van der Waals surface area contributed by atoms with Gasteiger partial charge < -0.3 is 10.0 Å². The summed E-state index contributed by atoms with van der Waals surface area (Å²) in [4.78, 5) is 18.0. The van der Waals surface area contributed by atoms with Crippen LogP contribution in [0.2, 0.25) is 10.0 Å². The predicted molar refractivity (Wildman–Crippen MR) is 175 cm³/mol. The van der Waals surface area contributed by atoms with Gasteiger partial charge in [0.1, 0.15) is 0 Å². The van der Waals surface area contributed by atoms with Crippen LogP contribution in [0.25, 0.3) is 0 Å². The van der Waals surface area contributed by atoms with E-state index in [-0.39, 0.29) is 35.5 Å². The van der Waals surface area contributed by atoms with Crippen LogP contribution in [0, 0.1) is 0 Å². The Bertz CT molecular complexity index is 1480. The predicted octanol–water partition coefficient (Wildman–Crippen LogP) is 6.67. The number of nitrogens with zero attached hydrogens (tertiary/aromatic N) is 2. The lowest BCUT2D eigenvalue weighted by Gasteiger charge is -2.44. The molecular weight excluding hydrogens is 627 g/mol. The van der Waals surface area contributed by atoms with Gasteiger partial charge in [0.2, 0.25) is 0 Å². The third kappa shape index (κ3) is 8.13. The number of aliphatic hydroxyl groups excluding tert-OH is 1. The van der Waals surface area contributed by atoms with Crippen LogP contribution < -0.4 is 0 Å². The molecule has 10 heteroatoms. The fourth-order valence-corrected chi connectivity index (χ4v) is 8.54. The second-order valence-corrected chi connectivity index (χ2v) is 14.5. The smallest absolute Gasteiger partial charge is 0.253 e. The van der Waals surface area contributed by atoms with Crippen LogP contribution in [-0.2, 0) is 15.3 Å². The molecule has 2 heterocycles. The number of benzene rings is 3. The first-order valence-electron chi connectivity index (χ1n) is 14.7. The zero-order chi connectivity index (χ0) is 29.7. The summed E-state index contributed by atoms with van der Waals surface area (Å²) in [7, 11) is -3.49. The van der Waals surface area contributed by atoms with Gasteiger partial charge in [-0.15, -0.1) is 12.4 Å². The van der Waals surface area contributed by atoms with Crippen molar-refractivity contribution in [3.8, 4) is 0 Å². The summed E-state index contributed by atoms with van der Waals surface area (Å²) in [5.74, 6) is 0.00156. The fourth-order valence-electron chi connectivity index (χ4n) is 6.62. The number of amides is 1. The van der Waals surface area contributed by atoms with Crippen molar-refractivity contribution in [2.24, 2.45) is 0 Å². The number of carbonyl (C=O) groups excluding carboxylic acids is 1. The van der Waals surface area contributed by atoms with Gasteiger partial charge in [0.15, 0.2) is 9.84 Å². The average molecular weight is 666 g/mol. The zero-order valence-electron chi connectivity index (χ0n) is 24.1. The number of sulfone groups is 1. The Morgan fingerprint density at radius 3 is 2.35 bits per heavy atom. The van der Waals surface area contributed by atoms with E-state index in [2.05, 4.69) is 4.90 Å². The number of likely N-dealkylation sites (tertiary alicyclic amines) is 2. The number of halogens is 3. The van der Waals surface area contributed by atoms with E-state index in [4.69, 9.17) is 23.2 Å². The zero-order valence-corrected chi connectivity index (χ0v) is 27.2. The van der Waals surface area contributed by atoms with Gasteiger partial charge >= 0.3 is 0 Å². The van der Waals surface area contributed by atoms with E-state index >= 15 is 0 Å². The Morgan fingerprint density at radius 2 is 1.65 bits per heavy atom. The van der Waals surface area contributed by atoms with Gasteiger partial charge in [-0.3, -0.25) is 9.69 Å². The summed E-state index contributed by atoms with van der Waals surface area (Å²) >= 11 is 12.8. The molecule has 0 aromatic heterocycles. The molecule has 1 amide bonds. The molecule has 3 aromatic carbocycles. The first-order valence-corrected chi connectivity index (χ1v) is 17.1. The summed E-state index contributed by atoms with van der Waals surface area (Å²) in [6.07, 6.45) is 3.95. The summed E-state index contributed by atoms with van der Waals surface area (Å²) in [5.41, 5.74) is 1.44. The van der Waals surface area contributed by atoms with Gasteiger partial charge in [0, 0.05) is 36.7 Å². The van der Waals surface area contributed by atoms with Gasteiger partial charge in [-0.05, 0) is 87.0 Å². The van der Waals surface area contributed by atoms with Crippen molar-refractivity contribution in [2.75, 3.05) is 31.9 Å².